The molecular formula is C29H28N4O3. The fraction of sp³-hybridized carbons (Fsp3) is 0.207. The van der Waals surface area contributed by atoms with Crippen molar-refractivity contribution in [1.29, 1.82) is 0 Å². The number of nitrogens with zero attached hydrogens (tertiary/aromatic N) is 4. The molecule has 0 aliphatic carbocycles. The number of benzene rings is 3. The maximum atomic E-state index is 12.9. The highest BCUT2D eigenvalue weighted by molar-refractivity contribution is 6.06. The Balaban J connectivity index is 1.42. The second kappa shape index (κ2) is 10.1. The summed E-state index contributed by atoms with van der Waals surface area (Å²) in [6.07, 6.45) is 1.85. The number of fused-ring (bicyclic) bond motifs is 1. The van der Waals surface area contributed by atoms with Gasteiger partial charge in [0, 0.05) is 23.1 Å². The lowest BCUT2D eigenvalue weighted by molar-refractivity contribution is 0.0527. The van der Waals surface area contributed by atoms with Crippen LogP contribution in [0.5, 0.6) is 5.75 Å². The van der Waals surface area contributed by atoms with Gasteiger partial charge in [0.15, 0.2) is 0 Å². The predicted octanol–water partition coefficient (Wildman–Crippen LogP) is 5.64. The summed E-state index contributed by atoms with van der Waals surface area (Å²) in [6, 6.07) is 24.1. The van der Waals surface area contributed by atoms with Crippen molar-refractivity contribution in [3.05, 3.63) is 107 Å². The van der Waals surface area contributed by atoms with Gasteiger partial charge in [0.25, 0.3) is 0 Å². The van der Waals surface area contributed by atoms with Crippen LogP contribution in [0.1, 0.15) is 39.8 Å². The van der Waals surface area contributed by atoms with Gasteiger partial charge in [-0.15, -0.1) is 5.10 Å². The van der Waals surface area contributed by atoms with E-state index in [1.165, 1.54) is 5.56 Å². The van der Waals surface area contributed by atoms with Gasteiger partial charge in [-0.1, -0.05) is 53.2 Å². The van der Waals surface area contributed by atoms with Gasteiger partial charge in [-0.3, -0.25) is 0 Å². The largest absolute Gasteiger partial charge is 0.487 e. The minimum absolute atomic E-state index is 0.260. The first kappa shape index (κ1) is 23.4. The maximum Gasteiger partial charge on any atom is 0.340 e. The van der Waals surface area contributed by atoms with Crippen LogP contribution in [0.25, 0.3) is 16.6 Å². The smallest absolute Gasteiger partial charge is 0.340 e. The first-order valence-electron chi connectivity index (χ1n) is 12.0. The van der Waals surface area contributed by atoms with Crippen LogP contribution < -0.4 is 4.74 Å². The topological polar surface area (TPSA) is 71.2 Å². The van der Waals surface area contributed by atoms with Crippen LogP contribution in [0.4, 0.5) is 0 Å². The molecule has 0 radical (unpaired) electrons. The molecule has 3 aromatic carbocycles. The van der Waals surface area contributed by atoms with Crippen molar-refractivity contribution >= 4 is 16.9 Å². The van der Waals surface area contributed by atoms with Gasteiger partial charge in [-0.05, 0) is 56.7 Å². The van der Waals surface area contributed by atoms with Gasteiger partial charge < -0.3 is 14.0 Å². The number of rotatable bonds is 8. The summed E-state index contributed by atoms with van der Waals surface area (Å²) in [4.78, 5) is 12.9. The molecule has 182 valence electrons. The molecule has 0 fully saturated rings. The molecule has 0 aliphatic rings. The molecule has 0 unspecified atom stereocenters. The van der Waals surface area contributed by atoms with Crippen molar-refractivity contribution in [2.75, 3.05) is 6.61 Å². The molecule has 7 nitrogen and oxygen atoms in total. The summed E-state index contributed by atoms with van der Waals surface area (Å²) in [5.74, 6) is 0.319. The number of aromatic nitrogens is 4. The van der Waals surface area contributed by atoms with E-state index in [1.54, 1.807) is 4.68 Å². The monoisotopic (exact) mass is 480 g/mol. The van der Waals surface area contributed by atoms with E-state index >= 15 is 0 Å². The Morgan fingerprint density at radius 3 is 2.50 bits per heavy atom. The number of carbonyl (C=O) groups is 1. The molecule has 0 saturated carbocycles. The van der Waals surface area contributed by atoms with Crippen molar-refractivity contribution in [3.8, 4) is 11.4 Å². The van der Waals surface area contributed by atoms with Crippen LogP contribution in [0, 0.1) is 13.8 Å². The minimum atomic E-state index is -0.329. The molecule has 5 rings (SSSR count). The van der Waals surface area contributed by atoms with E-state index < -0.39 is 0 Å². The third-order valence-corrected chi connectivity index (χ3v) is 6.18. The number of ether oxygens (including phenoxy) is 2. The van der Waals surface area contributed by atoms with Gasteiger partial charge in [-0.2, -0.15) is 0 Å². The maximum absolute atomic E-state index is 12.9. The summed E-state index contributed by atoms with van der Waals surface area (Å²) in [6.45, 7) is 7.05. The Labute approximate surface area is 209 Å². The van der Waals surface area contributed by atoms with Gasteiger partial charge in [0.1, 0.15) is 18.1 Å². The second-order valence-corrected chi connectivity index (χ2v) is 8.71. The van der Waals surface area contributed by atoms with Crippen molar-refractivity contribution in [2.24, 2.45) is 0 Å². The second-order valence-electron chi connectivity index (χ2n) is 8.71. The van der Waals surface area contributed by atoms with Gasteiger partial charge in [0.05, 0.1) is 24.1 Å². The molecule has 7 heteroatoms. The van der Waals surface area contributed by atoms with Crippen molar-refractivity contribution in [2.45, 2.75) is 33.9 Å². The lowest BCUT2D eigenvalue weighted by atomic mass is 10.1. The van der Waals surface area contributed by atoms with E-state index in [9.17, 15) is 4.79 Å². The summed E-state index contributed by atoms with van der Waals surface area (Å²) >= 11 is 0. The lowest BCUT2D eigenvalue weighted by Crippen LogP contribution is -2.08. The van der Waals surface area contributed by atoms with E-state index in [-0.39, 0.29) is 12.6 Å². The van der Waals surface area contributed by atoms with Crippen molar-refractivity contribution in [3.63, 3.8) is 0 Å². The van der Waals surface area contributed by atoms with Crippen LogP contribution in [-0.2, 0) is 17.9 Å². The third kappa shape index (κ3) is 4.73. The normalized spacial score (nSPS) is 11.1. The summed E-state index contributed by atoms with van der Waals surface area (Å²) < 4.78 is 15.3. The Bertz CT molecular complexity index is 1500. The van der Waals surface area contributed by atoms with Crippen LogP contribution >= 0.6 is 0 Å². The van der Waals surface area contributed by atoms with Crippen LogP contribution in [0.15, 0.2) is 79.0 Å². The average Bonchev–Trinajstić information content (AvgIpc) is 3.46. The SMILES string of the molecule is CCOC(=O)c1c(C)n(Cc2ccccc2)c2ccc(OCc3cn(-c4ccc(C)cc4)nn3)cc12. The molecule has 36 heavy (non-hydrogen) atoms. The van der Waals surface area contributed by atoms with Gasteiger partial charge in [-0.25, -0.2) is 9.48 Å². The van der Waals surface area contributed by atoms with Crippen LogP contribution in [0.2, 0.25) is 0 Å². The predicted molar refractivity (Wildman–Crippen MR) is 139 cm³/mol. The number of carbonyl (C=O) groups excluding carboxylic acids is 1. The number of hydrogen-bond acceptors (Lipinski definition) is 5. The highest BCUT2D eigenvalue weighted by Gasteiger charge is 2.22. The molecule has 2 aromatic heterocycles. The number of aryl methyl sites for hydroxylation is 1. The Morgan fingerprint density at radius 1 is 0.972 bits per heavy atom. The number of hydrogen-bond donors (Lipinski definition) is 0. The van der Waals surface area contributed by atoms with Gasteiger partial charge in [0.2, 0.25) is 0 Å². The highest BCUT2D eigenvalue weighted by Crippen LogP contribution is 2.31. The molecule has 0 N–H and O–H groups in total. The van der Waals surface area contributed by atoms with Crippen LogP contribution in [-0.4, -0.2) is 32.1 Å². The fourth-order valence-electron chi connectivity index (χ4n) is 4.33. The quantitative estimate of drug-likeness (QED) is 0.269. The highest BCUT2D eigenvalue weighted by atomic mass is 16.5. The summed E-state index contributed by atoms with van der Waals surface area (Å²) in [5.41, 5.74) is 6.38. The third-order valence-electron chi connectivity index (χ3n) is 6.18. The standard InChI is InChI=1S/C29H28N4O3/c1-4-35-29(34)28-21(3)32(17-22-8-6-5-7-9-22)27-15-14-25(16-26(27)28)36-19-23-18-33(31-30-23)24-12-10-20(2)11-13-24/h5-16,18H,4,17,19H2,1-3H3. The average molecular weight is 481 g/mol. The molecule has 0 spiro atoms. The Hall–Kier alpha value is -4.39. The molecule has 0 bridgehead atoms. The minimum Gasteiger partial charge on any atom is -0.487 e. The molecular weight excluding hydrogens is 452 g/mol. The molecule has 2 heterocycles. The molecule has 0 atom stereocenters. The fourth-order valence-corrected chi connectivity index (χ4v) is 4.33. The first-order chi connectivity index (χ1) is 17.5. The zero-order valence-corrected chi connectivity index (χ0v) is 20.6. The van der Waals surface area contributed by atoms with Gasteiger partial charge >= 0.3 is 5.97 Å². The van der Waals surface area contributed by atoms with Crippen LogP contribution in [0.3, 0.4) is 0 Å². The molecule has 0 saturated heterocycles. The van der Waals surface area contributed by atoms with E-state index in [4.69, 9.17) is 9.47 Å². The Kier molecular flexibility index (Phi) is 6.54. The zero-order chi connectivity index (χ0) is 25.1. The molecule has 0 aliphatic heterocycles. The molecule has 0 amide bonds. The van der Waals surface area contributed by atoms with Crippen molar-refractivity contribution in [1.82, 2.24) is 19.6 Å². The van der Waals surface area contributed by atoms with E-state index in [0.717, 1.165) is 27.8 Å². The van der Waals surface area contributed by atoms with E-state index in [1.807, 2.05) is 87.6 Å². The van der Waals surface area contributed by atoms with E-state index in [2.05, 4.69) is 27.0 Å². The van der Waals surface area contributed by atoms with E-state index in [0.29, 0.717) is 30.2 Å². The Morgan fingerprint density at radius 2 is 1.75 bits per heavy atom. The first-order valence-corrected chi connectivity index (χ1v) is 12.0. The zero-order valence-electron chi connectivity index (χ0n) is 20.6. The van der Waals surface area contributed by atoms with Crippen molar-refractivity contribution < 1.29 is 14.3 Å². The summed E-state index contributed by atoms with van der Waals surface area (Å²) in [5, 5.41) is 9.26. The summed E-state index contributed by atoms with van der Waals surface area (Å²) in [7, 11) is 0. The number of esters is 1. The molecule has 5 aromatic rings. The lowest BCUT2D eigenvalue weighted by Gasteiger charge is -2.09.